The summed E-state index contributed by atoms with van der Waals surface area (Å²) in [5.41, 5.74) is 7.42. The van der Waals surface area contributed by atoms with Crippen LogP contribution in [0, 0.1) is 6.92 Å². The zero-order valence-electron chi connectivity index (χ0n) is 14.9. The molecule has 2 aromatic carbocycles. The Kier molecular flexibility index (Phi) is 4.18. The molecule has 0 radical (unpaired) electrons. The van der Waals surface area contributed by atoms with Crippen molar-refractivity contribution in [3.05, 3.63) is 75.9 Å². The van der Waals surface area contributed by atoms with Gasteiger partial charge in [-0.3, -0.25) is 9.69 Å². The predicted molar refractivity (Wildman–Crippen MR) is 101 cm³/mol. The molecule has 1 unspecified atom stereocenters. The molecule has 3 nitrogen and oxygen atoms in total. The number of nitrogens with zero attached hydrogens (tertiary/aromatic N) is 1. The van der Waals surface area contributed by atoms with E-state index < -0.39 is 0 Å². The Balaban J connectivity index is 1.40. The van der Waals surface area contributed by atoms with Crippen molar-refractivity contribution in [1.82, 2.24) is 10.2 Å². The number of carbonyl (C=O) groups excluding carboxylic acids is 1. The maximum absolute atomic E-state index is 12.6. The molecule has 0 aromatic heterocycles. The fourth-order valence-corrected chi connectivity index (χ4v) is 3.88. The molecule has 2 aliphatic rings. The van der Waals surface area contributed by atoms with E-state index in [1.807, 2.05) is 18.2 Å². The second-order valence-electron chi connectivity index (χ2n) is 7.30. The highest BCUT2D eigenvalue weighted by Gasteiger charge is 2.25. The normalized spacial score (nSPS) is 19.1. The largest absolute Gasteiger partial charge is 0.351 e. The third-order valence-electron chi connectivity index (χ3n) is 5.42. The molecule has 25 heavy (non-hydrogen) atoms. The number of likely N-dealkylation sites (N-methyl/N-ethyl adjacent to an activating group) is 1. The van der Waals surface area contributed by atoms with Crippen LogP contribution in [0.3, 0.4) is 0 Å². The third-order valence-corrected chi connectivity index (χ3v) is 5.42. The first kappa shape index (κ1) is 16.1. The van der Waals surface area contributed by atoms with Crippen LogP contribution in [0.25, 0.3) is 6.08 Å². The summed E-state index contributed by atoms with van der Waals surface area (Å²) < 4.78 is 0. The topological polar surface area (TPSA) is 32.3 Å². The molecule has 0 spiro atoms. The molecule has 1 aliphatic heterocycles. The van der Waals surface area contributed by atoms with Crippen molar-refractivity contribution in [3.63, 3.8) is 0 Å². The summed E-state index contributed by atoms with van der Waals surface area (Å²) in [4.78, 5) is 14.9. The lowest BCUT2D eigenvalue weighted by molar-refractivity contribution is -0.117. The second kappa shape index (κ2) is 6.49. The lowest BCUT2D eigenvalue weighted by Gasteiger charge is -2.34. The van der Waals surface area contributed by atoms with E-state index in [1.165, 1.54) is 27.8 Å². The Morgan fingerprint density at radius 1 is 1.16 bits per heavy atom. The zero-order valence-corrected chi connectivity index (χ0v) is 14.9. The van der Waals surface area contributed by atoms with Crippen LogP contribution in [0.4, 0.5) is 0 Å². The van der Waals surface area contributed by atoms with E-state index in [0.29, 0.717) is 12.6 Å². The van der Waals surface area contributed by atoms with Gasteiger partial charge in [-0.15, -0.1) is 0 Å². The fourth-order valence-electron chi connectivity index (χ4n) is 3.88. The molecular weight excluding hydrogens is 308 g/mol. The van der Waals surface area contributed by atoms with Crippen molar-refractivity contribution < 1.29 is 4.79 Å². The molecule has 0 fully saturated rings. The zero-order chi connectivity index (χ0) is 17.4. The van der Waals surface area contributed by atoms with E-state index >= 15 is 0 Å². The Hall–Kier alpha value is -2.39. The van der Waals surface area contributed by atoms with Gasteiger partial charge >= 0.3 is 0 Å². The number of amides is 1. The van der Waals surface area contributed by atoms with E-state index in [-0.39, 0.29) is 5.91 Å². The molecule has 1 aliphatic carbocycles. The molecule has 2 aromatic rings. The van der Waals surface area contributed by atoms with E-state index in [1.54, 1.807) is 0 Å². The minimum atomic E-state index is 0.0691. The first-order valence-electron chi connectivity index (χ1n) is 8.95. The number of fused-ring (bicyclic) bond motifs is 2. The Morgan fingerprint density at radius 2 is 2.00 bits per heavy atom. The van der Waals surface area contributed by atoms with Crippen LogP contribution in [0.1, 0.15) is 27.8 Å². The van der Waals surface area contributed by atoms with Gasteiger partial charge in [0.25, 0.3) is 0 Å². The number of hydrogen-bond donors (Lipinski definition) is 1. The van der Waals surface area contributed by atoms with Gasteiger partial charge in [0.2, 0.25) is 5.91 Å². The summed E-state index contributed by atoms with van der Waals surface area (Å²) in [6.45, 7) is 3.78. The lowest BCUT2D eigenvalue weighted by Crippen LogP contribution is -2.45. The summed E-state index contributed by atoms with van der Waals surface area (Å²) in [6.07, 6.45) is 3.76. The highest BCUT2D eigenvalue weighted by atomic mass is 16.1. The van der Waals surface area contributed by atoms with E-state index in [0.717, 1.165) is 25.0 Å². The number of aryl methyl sites for hydroxylation is 1. The molecule has 0 bridgehead atoms. The smallest absolute Gasteiger partial charge is 0.247 e. The average molecular weight is 332 g/mol. The lowest BCUT2D eigenvalue weighted by atomic mass is 9.93. The third kappa shape index (κ3) is 3.24. The number of hydrogen-bond acceptors (Lipinski definition) is 2. The van der Waals surface area contributed by atoms with Gasteiger partial charge in [0, 0.05) is 31.1 Å². The Labute approximate surface area is 149 Å². The van der Waals surface area contributed by atoms with Gasteiger partial charge in [-0.1, -0.05) is 48.0 Å². The minimum absolute atomic E-state index is 0.0691. The van der Waals surface area contributed by atoms with Gasteiger partial charge in [-0.05, 0) is 48.7 Å². The summed E-state index contributed by atoms with van der Waals surface area (Å²) in [5.74, 6) is 0.0691. The summed E-state index contributed by atoms with van der Waals surface area (Å²) in [7, 11) is 2.14. The van der Waals surface area contributed by atoms with Crippen LogP contribution in [0.15, 0.2) is 48.0 Å². The highest BCUT2D eigenvalue weighted by Crippen LogP contribution is 2.25. The Morgan fingerprint density at radius 3 is 2.84 bits per heavy atom. The van der Waals surface area contributed by atoms with Crippen molar-refractivity contribution >= 4 is 12.0 Å². The summed E-state index contributed by atoms with van der Waals surface area (Å²) >= 11 is 0. The van der Waals surface area contributed by atoms with Crippen molar-refractivity contribution in [1.29, 1.82) is 0 Å². The maximum atomic E-state index is 12.6. The first-order valence-corrected chi connectivity index (χ1v) is 8.95. The molecule has 0 saturated heterocycles. The highest BCUT2D eigenvalue weighted by molar-refractivity contribution is 6.00. The van der Waals surface area contributed by atoms with Crippen molar-refractivity contribution in [2.24, 2.45) is 0 Å². The van der Waals surface area contributed by atoms with Crippen molar-refractivity contribution in [2.45, 2.75) is 32.4 Å². The first-order chi connectivity index (χ1) is 12.1. The molecule has 1 amide bonds. The van der Waals surface area contributed by atoms with E-state index in [9.17, 15) is 4.79 Å². The summed E-state index contributed by atoms with van der Waals surface area (Å²) in [5, 5.41) is 3.16. The number of rotatable bonds is 3. The SMILES string of the molecule is Cc1ccc2c(c1)CC(CNC(=O)C1=Cc3ccccc3C1)N(C)C2. The van der Waals surface area contributed by atoms with Gasteiger partial charge < -0.3 is 5.32 Å². The Bertz CT molecular complexity index is 853. The van der Waals surface area contributed by atoms with Crippen LogP contribution in [-0.2, 0) is 24.2 Å². The summed E-state index contributed by atoms with van der Waals surface area (Å²) in [6, 6.07) is 15.3. The van der Waals surface area contributed by atoms with Crippen molar-refractivity contribution in [2.75, 3.05) is 13.6 Å². The van der Waals surface area contributed by atoms with Gasteiger partial charge in [0.1, 0.15) is 0 Å². The molecule has 128 valence electrons. The van der Waals surface area contributed by atoms with Gasteiger partial charge in [-0.25, -0.2) is 0 Å². The van der Waals surface area contributed by atoms with Gasteiger partial charge in [0.15, 0.2) is 0 Å². The molecular formula is C22H24N2O. The molecule has 3 heteroatoms. The quantitative estimate of drug-likeness (QED) is 0.937. The van der Waals surface area contributed by atoms with Crippen LogP contribution < -0.4 is 5.32 Å². The molecule has 1 heterocycles. The van der Waals surface area contributed by atoms with E-state index in [4.69, 9.17) is 0 Å². The molecule has 0 saturated carbocycles. The average Bonchev–Trinajstić information content (AvgIpc) is 3.04. The van der Waals surface area contributed by atoms with Gasteiger partial charge in [0.05, 0.1) is 0 Å². The van der Waals surface area contributed by atoms with Crippen LogP contribution in [0.5, 0.6) is 0 Å². The maximum Gasteiger partial charge on any atom is 0.247 e. The molecule has 4 rings (SSSR count). The molecule has 1 N–H and O–H groups in total. The number of benzene rings is 2. The van der Waals surface area contributed by atoms with Crippen LogP contribution in [-0.4, -0.2) is 30.4 Å². The van der Waals surface area contributed by atoms with Crippen LogP contribution >= 0.6 is 0 Å². The monoisotopic (exact) mass is 332 g/mol. The van der Waals surface area contributed by atoms with Crippen LogP contribution in [0.2, 0.25) is 0 Å². The van der Waals surface area contributed by atoms with E-state index in [2.05, 4.69) is 54.5 Å². The second-order valence-corrected chi connectivity index (χ2v) is 7.30. The van der Waals surface area contributed by atoms with Gasteiger partial charge in [-0.2, -0.15) is 0 Å². The van der Waals surface area contributed by atoms with Crippen molar-refractivity contribution in [3.8, 4) is 0 Å². The molecule has 1 atom stereocenters. The minimum Gasteiger partial charge on any atom is -0.351 e. The fraction of sp³-hybridized carbons (Fsp3) is 0.318. The predicted octanol–water partition coefficient (Wildman–Crippen LogP) is 3.11. The standard InChI is InChI=1S/C22H24N2O/c1-15-7-8-18-14-24(2)21(12-19(18)9-15)13-23-22(25)20-10-16-5-3-4-6-17(16)11-20/h3-10,21H,11-14H2,1-2H3,(H,23,25). The number of carbonyl (C=O) groups is 1. The number of nitrogens with one attached hydrogen (secondary N) is 1.